The highest BCUT2D eigenvalue weighted by molar-refractivity contribution is 5.58. The van der Waals surface area contributed by atoms with Crippen LogP contribution in [0.1, 0.15) is 18.4 Å². The quantitative estimate of drug-likeness (QED) is 0.800. The van der Waals surface area contributed by atoms with Gasteiger partial charge in [0.2, 0.25) is 0 Å². The molecule has 0 bridgehead atoms. The number of aryl methyl sites for hydroxylation is 1. The summed E-state index contributed by atoms with van der Waals surface area (Å²) in [4.78, 5) is 0. The molecule has 1 aliphatic carbocycles. The molecule has 88 valence electrons. The van der Waals surface area contributed by atoms with Crippen molar-refractivity contribution < 1.29 is 9.84 Å². The molecule has 2 rings (SSSR count). The van der Waals surface area contributed by atoms with Crippen LogP contribution in [0.3, 0.4) is 0 Å². The Balaban J connectivity index is 2.05. The molecule has 1 fully saturated rings. The molecule has 0 atom stereocenters. The number of hydrogen-bond acceptors (Lipinski definition) is 3. The fourth-order valence-electron chi connectivity index (χ4n) is 1.81. The van der Waals surface area contributed by atoms with E-state index in [-0.39, 0.29) is 12.0 Å². The SMILES string of the molecule is COc1ccc(C)cc1NCC1(CO)CC1. The summed E-state index contributed by atoms with van der Waals surface area (Å²) in [6, 6.07) is 6.07. The van der Waals surface area contributed by atoms with Crippen molar-refractivity contribution in [1.29, 1.82) is 0 Å². The van der Waals surface area contributed by atoms with Crippen molar-refractivity contribution >= 4 is 5.69 Å². The lowest BCUT2D eigenvalue weighted by molar-refractivity contribution is 0.219. The Morgan fingerprint density at radius 1 is 1.44 bits per heavy atom. The van der Waals surface area contributed by atoms with Crippen LogP contribution >= 0.6 is 0 Å². The van der Waals surface area contributed by atoms with E-state index in [0.29, 0.717) is 0 Å². The van der Waals surface area contributed by atoms with Crippen molar-refractivity contribution in [2.24, 2.45) is 5.41 Å². The van der Waals surface area contributed by atoms with Crippen LogP contribution in [0, 0.1) is 12.3 Å². The van der Waals surface area contributed by atoms with Gasteiger partial charge < -0.3 is 15.2 Å². The Morgan fingerprint density at radius 3 is 2.75 bits per heavy atom. The maximum Gasteiger partial charge on any atom is 0.141 e. The van der Waals surface area contributed by atoms with Gasteiger partial charge in [-0.1, -0.05) is 6.07 Å². The molecule has 1 saturated carbocycles. The van der Waals surface area contributed by atoms with Crippen molar-refractivity contribution in [2.75, 3.05) is 25.6 Å². The number of aliphatic hydroxyl groups excluding tert-OH is 1. The van der Waals surface area contributed by atoms with Crippen LogP contribution in [0.4, 0.5) is 5.69 Å². The van der Waals surface area contributed by atoms with E-state index >= 15 is 0 Å². The zero-order valence-corrected chi connectivity index (χ0v) is 9.92. The fraction of sp³-hybridized carbons (Fsp3) is 0.538. The smallest absolute Gasteiger partial charge is 0.141 e. The monoisotopic (exact) mass is 221 g/mol. The highest BCUT2D eigenvalue weighted by atomic mass is 16.5. The number of benzene rings is 1. The number of nitrogens with one attached hydrogen (secondary N) is 1. The summed E-state index contributed by atoms with van der Waals surface area (Å²) in [7, 11) is 1.68. The van der Waals surface area contributed by atoms with Crippen molar-refractivity contribution in [3.63, 3.8) is 0 Å². The first-order chi connectivity index (χ1) is 7.69. The van der Waals surface area contributed by atoms with Gasteiger partial charge in [0.1, 0.15) is 5.75 Å². The van der Waals surface area contributed by atoms with Crippen LogP contribution in [-0.4, -0.2) is 25.4 Å². The van der Waals surface area contributed by atoms with E-state index in [1.165, 1.54) is 5.56 Å². The average Bonchev–Trinajstić information content (AvgIpc) is 3.07. The Labute approximate surface area is 96.4 Å². The molecule has 0 unspecified atom stereocenters. The third kappa shape index (κ3) is 2.30. The van der Waals surface area contributed by atoms with Gasteiger partial charge in [0.25, 0.3) is 0 Å². The van der Waals surface area contributed by atoms with E-state index in [1.807, 2.05) is 12.1 Å². The predicted octanol–water partition coefficient (Wildman–Crippen LogP) is 2.19. The number of aliphatic hydroxyl groups is 1. The molecule has 3 heteroatoms. The molecule has 0 radical (unpaired) electrons. The zero-order chi connectivity index (χ0) is 11.6. The van der Waals surface area contributed by atoms with E-state index in [9.17, 15) is 5.11 Å². The molecule has 0 saturated heterocycles. The second kappa shape index (κ2) is 4.34. The molecule has 1 aromatic carbocycles. The lowest BCUT2D eigenvalue weighted by atomic mass is 10.1. The van der Waals surface area contributed by atoms with E-state index in [1.54, 1.807) is 7.11 Å². The molecule has 0 spiro atoms. The minimum atomic E-state index is 0.120. The standard InChI is InChI=1S/C13H19NO2/c1-10-3-4-12(16-2)11(7-10)14-8-13(9-15)5-6-13/h3-4,7,14-15H,5-6,8-9H2,1-2H3. The number of anilines is 1. The van der Waals surface area contributed by atoms with Crippen LogP contribution in [0.2, 0.25) is 0 Å². The molecule has 1 aromatic rings. The van der Waals surface area contributed by atoms with Crippen molar-refractivity contribution in [3.05, 3.63) is 23.8 Å². The number of methoxy groups -OCH3 is 1. The Bertz CT molecular complexity index is 372. The van der Waals surface area contributed by atoms with Gasteiger partial charge in [-0.2, -0.15) is 0 Å². The van der Waals surface area contributed by atoms with Crippen molar-refractivity contribution in [2.45, 2.75) is 19.8 Å². The zero-order valence-electron chi connectivity index (χ0n) is 9.92. The summed E-state index contributed by atoms with van der Waals surface area (Å²) < 4.78 is 5.29. The Hall–Kier alpha value is -1.22. The maximum atomic E-state index is 9.24. The molecule has 2 N–H and O–H groups in total. The average molecular weight is 221 g/mol. The van der Waals surface area contributed by atoms with Crippen molar-refractivity contribution in [3.8, 4) is 5.75 Å². The summed E-state index contributed by atoms with van der Waals surface area (Å²) in [5.41, 5.74) is 2.34. The van der Waals surface area contributed by atoms with Crippen LogP contribution < -0.4 is 10.1 Å². The van der Waals surface area contributed by atoms with Crippen LogP contribution in [0.25, 0.3) is 0 Å². The highest BCUT2D eigenvalue weighted by Crippen LogP contribution is 2.45. The van der Waals surface area contributed by atoms with Gasteiger partial charge in [0, 0.05) is 12.0 Å². The lowest BCUT2D eigenvalue weighted by Crippen LogP contribution is -2.19. The fourth-order valence-corrected chi connectivity index (χ4v) is 1.81. The van der Waals surface area contributed by atoms with Crippen LogP contribution in [0.5, 0.6) is 5.75 Å². The molecular weight excluding hydrogens is 202 g/mol. The maximum absolute atomic E-state index is 9.24. The molecule has 1 aliphatic rings. The van der Waals surface area contributed by atoms with Gasteiger partial charge >= 0.3 is 0 Å². The summed E-state index contributed by atoms with van der Waals surface area (Å²) in [5, 5.41) is 12.6. The molecular formula is C13H19NO2. The van der Waals surface area contributed by atoms with Gasteiger partial charge in [-0.05, 0) is 37.5 Å². The van der Waals surface area contributed by atoms with E-state index < -0.39 is 0 Å². The minimum absolute atomic E-state index is 0.120. The molecule has 0 aromatic heterocycles. The summed E-state index contributed by atoms with van der Waals surface area (Å²) in [5.74, 6) is 0.860. The van der Waals surface area contributed by atoms with E-state index in [0.717, 1.165) is 30.8 Å². The third-order valence-corrected chi connectivity index (χ3v) is 3.30. The molecule has 0 aliphatic heterocycles. The molecule has 0 amide bonds. The van der Waals surface area contributed by atoms with Crippen molar-refractivity contribution in [1.82, 2.24) is 0 Å². The predicted molar refractivity (Wildman–Crippen MR) is 65.0 cm³/mol. The second-order valence-electron chi connectivity index (χ2n) is 4.72. The third-order valence-electron chi connectivity index (χ3n) is 3.30. The Morgan fingerprint density at radius 2 is 2.19 bits per heavy atom. The Kier molecular flexibility index (Phi) is 3.06. The van der Waals surface area contributed by atoms with Crippen LogP contribution in [0.15, 0.2) is 18.2 Å². The molecule has 16 heavy (non-hydrogen) atoms. The van der Waals surface area contributed by atoms with Gasteiger partial charge in [-0.15, -0.1) is 0 Å². The van der Waals surface area contributed by atoms with E-state index in [2.05, 4.69) is 18.3 Å². The molecule has 0 heterocycles. The normalized spacial score (nSPS) is 16.9. The first-order valence-electron chi connectivity index (χ1n) is 5.68. The summed E-state index contributed by atoms with van der Waals surface area (Å²) in [6.07, 6.45) is 2.23. The highest BCUT2D eigenvalue weighted by Gasteiger charge is 2.41. The first-order valence-corrected chi connectivity index (χ1v) is 5.68. The lowest BCUT2D eigenvalue weighted by Gasteiger charge is -2.16. The molecule has 3 nitrogen and oxygen atoms in total. The summed E-state index contributed by atoms with van der Waals surface area (Å²) >= 11 is 0. The van der Waals surface area contributed by atoms with Crippen LogP contribution in [-0.2, 0) is 0 Å². The topological polar surface area (TPSA) is 41.5 Å². The van der Waals surface area contributed by atoms with Gasteiger partial charge in [0.05, 0.1) is 19.4 Å². The number of hydrogen-bond donors (Lipinski definition) is 2. The number of ether oxygens (including phenoxy) is 1. The first kappa shape index (κ1) is 11.3. The number of rotatable bonds is 5. The minimum Gasteiger partial charge on any atom is -0.495 e. The van der Waals surface area contributed by atoms with E-state index in [4.69, 9.17) is 4.74 Å². The summed E-state index contributed by atoms with van der Waals surface area (Å²) in [6.45, 7) is 3.15. The largest absolute Gasteiger partial charge is 0.495 e. The second-order valence-corrected chi connectivity index (χ2v) is 4.72. The van der Waals surface area contributed by atoms with Gasteiger partial charge in [-0.3, -0.25) is 0 Å². The van der Waals surface area contributed by atoms with Gasteiger partial charge in [-0.25, -0.2) is 0 Å². The van der Waals surface area contributed by atoms with Gasteiger partial charge in [0.15, 0.2) is 0 Å².